The Bertz CT molecular complexity index is 232. The van der Waals surface area contributed by atoms with Crippen LogP contribution in [0.5, 0.6) is 0 Å². The lowest BCUT2D eigenvalue weighted by molar-refractivity contribution is -0.141. The Labute approximate surface area is 92.8 Å². The molecule has 0 rings (SSSR count). The Morgan fingerprint density at radius 3 is 1.80 bits per heavy atom. The lowest BCUT2D eigenvalue weighted by atomic mass is 9.86. The minimum atomic E-state index is -0.470. The molecule has 0 fully saturated rings. The number of rotatable bonds is 5. The second-order valence-electron chi connectivity index (χ2n) is 5.02. The zero-order chi connectivity index (χ0) is 12.2. The standard InChI is InChI=1S/C12H23NO2/c1-8(2)7-10(14)11(9(3)4)12(15)13(5)6/h8-9,11H,7H2,1-6H3. The van der Waals surface area contributed by atoms with E-state index in [1.54, 1.807) is 14.1 Å². The van der Waals surface area contributed by atoms with Crippen LogP contribution in [0, 0.1) is 17.8 Å². The van der Waals surface area contributed by atoms with E-state index in [0.29, 0.717) is 12.3 Å². The smallest absolute Gasteiger partial charge is 0.232 e. The first-order valence-electron chi connectivity index (χ1n) is 5.51. The Morgan fingerprint density at radius 1 is 1.07 bits per heavy atom. The predicted octanol–water partition coefficient (Wildman–Crippen LogP) is 1.96. The maximum atomic E-state index is 11.9. The highest BCUT2D eigenvalue weighted by molar-refractivity contribution is 6.01. The quantitative estimate of drug-likeness (QED) is 0.655. The number of hydrogen-bond donors (Lipinski definition) is 0. The van der Waals surface area contributed by atoms with E-state index in [4.69, 9.17) is 0 Å². The minimum absolute atomic E-state index is 0.0682. The minimum Gasteiger partial charge on any atom is -0.348 e. The zero-order valence-electron chi connectivity index (χ0n) is 10.7. The summed E-state index contributed by atoms with van der Waals surface area (Å²) in [6.07, 6.45) is 0.489. The number of Topliss-reactive ketones (excluding diaryl/α,β-unsaturated/α-hetero) is 1. The Balaban J connectivity index is 4.67. The van der Waals surface area contributed by atoms with Crippen LogP contribution in [0.2, 0.25) is 0 Å². The molecule has 0 N–H and O–H groups in total. The van der Waals surface area contributed by atoms with Crippen molar-refractivity contribution < 1.29 is 9.59 Å². The first-order valence-corrected chi connectivity index (χ1v) is 5.51. The van der Waals surface area contributed by atoms with Crippen molar-refractivity contribution in [2.75, 3.05) is 14.1 Å². The summed E-state index contributed by atoms with van der Waals surface area (Å²) in [5.41, 5.74) is 0. The van der Waals surface area contributed by atoms with E-state index < -0.39 is 5.92 Å². The van der Waals surface area contributed by atoms with E-state index in [-0.39, 0.29) is 17.6 Å². The van der Waals surface area contributed by atoms with Gasteiger partial charge in [0.25, 0.3) is 0 Å². The Kier molecular flexibility index (Phi) is 5.55. The molecule has 0 heterocycles. The summed E-state index contributed by atoms with van der Waals surface area (Å²) < 4.78 is 0. The van der Waals surface area contributed by atoms with Gasteiger partial charge >= 0.3 is 0 Å². The summed E-state index contributed by atoms with van der Waals surface area (Å²) >= 11 is 0. The molecule has 0 aromatic heterocycles. The SMILES string of the molecule is CC(C)CC(=O)C(C(=O)N(C)C)C(C)C. The van der Waals surface area contributed by atoms with Crippen molar-refractivity contribution in [2.24, 2.45) is 17.8 Å². The van der Waals surface area contributed by atoms with Gasteiger partial charge in [-0.25, -0.2) is 0 Å². The molecule has 0 saturated heterocycles. The van der Waals surface area contributed by atoms with E-state index in [1.165, 1.54) is 4.90 Å². The molecule has 3 heteroatoms. The van der Waals surface area contributed by atoms with Gasteiger partial charge in [-0.2, -0.15) is 0 Å². The van der Waals surface area contributed by atoms with Gasteiger partial charge in [-0.1, -0.05) is 27.7 Å². The average molecular weight is 213 g/mol. The van der Waals surface area contributed by atoms with Gasteiger partial charge in [0.15, 0.2) is 0 Å². The molecule has 0 aromatic carbocycles. The number of carbonyl (C=O) groups is 2. The summed E-state index contributed by atoms with van der Waals surface area (Å²) in [5.74, 6) is -0.0865. The monoisotopic (exact) mass is 213 g/mol. The molecule has 15 heavy (non-hydrogen) atoms. The molecule has 3 nitrogen and oxygen atoms in total. The molecular formula is C12H23NO2. The van der Waals surface area contributed by atoms with Crippen LogP contribution in [0.1, 0.15) is 34.1 Å². The van der Waals surface area contributed by atoms with Gasteiger partial charge in [0, 0.05) is 20.5 Å². The summed E-state index contributed by atoms with van der Waals surface area (Å²) in [6, 6.07) is 0. The maximum Gasteiger partial charge on any atom is 0.232 e. The van der Waals surface area contributed by atoms with Gasteiger partial charge in [-0.15, -0.1) is 0 Å². The highest BCUT2D eigenvalue weighted by atomic mass is 16.2. The Hall–Kier alpha value is -0.860. The lowest BCUT2D eigenvalue weighted by Gasteiger charge is -2.23. The highest BCUT2D eigenvalue weighted by Crippen LogP contribution is 2.18. The molecular weight excluding hydrogens is 190 g/mol. The predicted molar refractivity (Wildman–Crippen MR) is 61.5 cm³/mol. The molecule has 0 aromatic rings. The van der Waals surface area contributed by atoms with Crippen molar-refractivity contribution in [3.05, 3.63) is 0 Å². The fraction of sp³-hybridized carbons (Fsp3) is 0.833. The van der Waals surface area contributed by atoms with Crippen LogP contribution in [0.15, 0.2) is 0 Å². The third-order valence-corrected chi connectivity index (χ3v) is 2.33. The fourth-order valence-electron chi connectivity index (χ4n) is 1.60. The van der Waals surface area contributed by atoms with Crippen LogP contribution >= 0.6 is 0 Å². The topological polar surface area (TPSA) is 37.4 Å². The van der Waals surface area contributed by atoms with Crippen LogP contribution in [-0.2, 0) is 9.59 Å². The second kappa shape index (κ2) is 5.89. The molecule has 0 aliphatic heterocycles. The van der Waals surface area contributed by atoms with E-state index in [2.05, 4.69) is 0 Å². The molecule has 1 atom stereocenters. The van der Waals surface area contributed by atoms with Crippen LogP contribution < -0.4 is 0 Å². The average Bonchev–Trinajstić information content (AvgIpc) is 2.01. The summed E-state index contributed by atoms with van der Waals surface area (Å²) in [7, 11) is 3.39. The molecule has 0 radical (unpaired) electrons. The molecule has 0 aliphatic rings. The van der Waals surface area contributed by atoms with Crippen LogP contribution in [0.25, 0.3) is 0 Å². The van der Waals surface area contributed by atoms with Crippen molar-refractivity contribution >= 4 is 11.7 Å². The van der Waals surface area contributed by atoms with E-state index in [1.807, 2.05) is 27.7 Å². The third kappa shape index (κ3) is 4.45. The number of carbonyl (C=O) groups excluding carboxylic acids is 2. The first kappa shape index (κ1) is 14.1. The third-order valence-electron chi connectivity index (χ3n) is 2.33. The first-order chi connectivity index (χ1) is 6.77. The molecule has 0 saturated carbocycles. The van der Waals surface area contributed by atoms with E-state index in [9.17, 15) is 9.59 Å². The number of hydrogen-bond acceptors (Lipinski definition) is 2. The summed E-state index contributed by atoms with van der Waals surface area (Å²) in [5, 5.41) is 0. The van der Waals surface area contributed by atoms with Crippen molar-refractivity contribution in [3.8, 4) is 0 Å². The largest absolute Gasteiger partial charge is 0.348 e. The van der Waals surface area contributed by atoms with E-state index in [0.717, 1.165) is 0 Å². The lowest BCUT2D eigenvalue weighted by Crippen LogP contribution is -2.38. The van der Waals surface area contributed by atoms with Gasteiger partial charge in [-0.3, -0.25) is 9.59 Å². The molecule has 1 amide bonds. The molecule has 0 spiro atoms. The van der Waals surface area contributed by atoms with Gasteiger partial charge < -0.3 is 4.90 Å². The second-order valence-corrected chi connectivity index (χ2v) is 5.02. The van der Waals surface area contributed by atoms with Gasteiger partial charge in [0.1, 0.15) is 5.78 Å². The van der Waals surface area contributed by atoms with Crippen LogP contribution in [0.4, 0.5) is 0 Å². The number of ketones is 1. The van der Waals surface area contributed by atoms with Gasteiger partial charge in [0.2, 0.25) is 5.91 Å². The Morgan fingerprint density at radius 2 is 1.53 bits per heavy atom. The summed E-state index contributed by atoms with van der Waals surface area (Å²) in [6.45, 7) is 7.83. The van der Waals surface area contributed by atoms with Gasteiger partial charge in [0.05, 0.1) is 5.92 Å². The van der Waals surface area contributed by atoms with E-state index >= 15 is 0 Å². The fourth-order valence-corrected chi connectivity index (χ4v) is 1.60. The summed E-state index contributed by atoms with van der Waals surface area (Å²) in [4.78, 5) is 25.2. The van der Waals surface area contributed by atoms with Crippen LogP contribution in [-0.4, -0.2) is 30.7 Å². The van der Waals surface area contributed by atoms with Gasteiger partial charge in [-0.05, 0) is 11.8 Å². The number of nitrogens with zero attached hydrogens (tertiary/aromatic N) is 1. The normalized spacial score (nSPS) is 13.1. The van der Waals surface area contributed by atoms with Crippen molar-refractivity contribution in [1.29, 1.82) is 0 Å². The maximum absolute atomic E-state index is 11.9. The van der Waals surface area contributed by atoms with Crippen molar-refractivity contribution in [3.63, 3.8) is 0 Å². The molecule has 88 valence electrons. The molecule has 0 aliphatic carbocycles. The zero-order valence-corrected chi connectivity index (χ0v) is 10.7. The molecule has 1 unspecified atom stereocenters. The molecule has 0 bridgehead atoms. The van der Waals surface area contributed by atoms with Crippen molar-refractivity contribution in [2.45, 2.75) is 34.1 Å². The number of amides is 1. The highest BCUT2D eigenvalue weighted by Gasteiger charge is 2.30. The van der Waals surface area contributed by atoms with Crippen molar-refractivity contribution in [1.82, 2.24) is 4.90 Å². The van der Waals surface area contributed by atoms with Crippen LogP contribution in [0.3, 0.4) is 0 Å².